The van der Waals surface area contributed by atoms with Gasteiger partial charge >= 0.3 is 5.97 Å². The first-order chi connectivity index (χ1) is 9.40. The Hall–Kier alpha value is -1.39. The van der Waals surface area contributed by atoms with Crippen LogP contribution in [0.2, 0.25) is 0 Å². The van der Waals surface area contributed by atoms with Crippen molar-refractivity contribution in [1.82, 2.24) is 5.32 Å². The second kappa shape index (κ2) is 7.41. The van der Waals surface area contributed by atoms with E-state index in [2.05, 4.69) is 38.2 Å². The Morgan fingerprint density at radius 1 is 1.20 bits per heavy atom. The van der Waals surface area contributed by atoms with Crippen molar-refractivity contribution in [3.8, 4) is 0 Å². The zero-order valence-corrected chi connectivity index (χ0v) is 13.0. The van der Waals surface area contributed by atoms with Gasteiger partial charge in [-0.05, 0) is 16.5 Å². The number of nitrogens with one attached hydrogen (secondary N) is 1. The van der Waals surface area contributed by atoms with Crippen LogP contribution in [0.4, 0.5) is 0 Å². The quantitative estimate of drug-likeness (QED) is 0.642. The average molecular weight is 279 g/mol. The van der Waals surface area contributed by atoms with Gasteiger partial charge in [0.25, 0.3) is 0 Å². The van der Waals surface area contributed by atoms with E-state index in [1.807, 2.05) is 12.1 Å². The molecule has 0 saturated carbocycles. The molecule has 0 aliphatic rings. The van der Waals surface area contributed by atoms with Crippen LogP contribution >= 0.6 is 0 Å². The van der Waals surface area contributed by atoms with Crippen molar-refractivity contribution in [2.24, 2.45) is 0 Å². The highest BCUT2D eigenvalue weighted by molar-refractivity contribution is 5.77. The molecule has 0 heterocycles. The minimum Gasteiger partial charge on any atom is -0.468 e. The van der Waals surface area contributed by atoms with Gasteiger partial charge in [-0.25, -0.2) is 4.79 Å². The molecular formula is C16H25NO3. The Kier molecular flexibility index (Phi) is 6.17. The summed E-state index contributed by atoms with van der Waals surface area (Å²) in [5.74, 6) is -0.287. The Balaban J connectivity index is 2.88. The van der Waals surface area contributed by atoms with Crippen molar-refractivity contribution in [2.45, 2.75) is 32.2 Å². The summed E-state index contributed by atoms with van der Waals surface area (Å²) in [5.41, 5.74) is 2.24. The third-order valence-electron chi connectivity index (χ3n) is 3.20. The third kappa shape index (κ3) is 4.62. The first-order valence-electron chi connectivity index (χ1n) is 6.80. The van der Waals surface area contributed by atoms with Crippen LogP contribution in [-0.4, -0.2) is 33.3 Å². The van der Waals surface area contributed by atoms with Gasteiger partial charge < -0.3 is 9.47 Å². The standard InChI is InChI=1S/C16H25NO3/c1-16(2,3)13-8-6-12(7-9-13)14(15(18)20-5)17-10-11-19-4/h6-9,14,17H,10-11H2,1-5H3. The van der Waals surface area contributed by atoms with Gasteiger partial charge in [-0.3, -0.25) is 5.32 Å². The lowest BCUT2D eigenvalue weighted by atomic mass is 9.86. The number of esters is 1. The van der Waals surface area contributed by atoms with Crippen molar-refractivity contribution < 1.29 is 14.3 Å². The molecule has 1 N–H and O–H groups in total. The van der Waals surface area contributed by atoms with Crippen LogP contribution in [0.15, 0.2) is 24.3 Å². The topological polar surface area (TPSA) is 47.6 Å². The van der Waals surface area contributed by atoms with E-state index in [0.29, 0.717) is 13.2 Å². The largest absolute Gasteiger partial charge is 0.468 e. The number of hydrogen-bond acceptors (Lipinski definition) is 4. The van der Waals surface area contributed by atoms with E-state index < -0.39 is 6.04 Å². The van der Waals surface area contributed by atoms with Gasteiger partial charge in [0.05, 0.1) is 13.7 Å². The second-order valence-electron chi connectivity index (χ2n) is 5.78. The zero-order chi connectivity index (χ0) is 15.2. The van der Waals surface area contributed by atoms with E-state index in [0.717, 1.165) is 5.56 Å². The van der Waals surface area contributed by atoms with Crippen molar-refractivity contribution >= 4 is 5.97 Å². The summed E-state index contributed by atoms with van der Waals surface area (Å²) in [5, 5.41) is 3.15. The normalized spacial score (nSPS) is 13.1. The molecule has 1 atom stereocenters. The average Bonchev–Trinajstić information content (AvgIpc) is 2.42. The second-order valence-corrected chi connectivity index (χ2v) is 5.78. The molecule has 0 aromatic heterocycles. The molecular weight excluding hydrogens is 254 g/mol. The molecule has 0 aliphatic heterocycles. The molecule has 0 aliphatic carbocycles. The molecule has 4 heteroatoms. The summed E-state index contributed by atoms with van der Waals surface area (Å²) < 4.78 is 9.84. The van der Waals surface area contributed by atoms with Gasteiger partial charge in [0.15, 0.2) is 0 Å². The maximum Gasteiger partial charge on any atom is 0.327 e. The molecule has 1 aromatic rings. The minimum atomic E-state index is -0.454. The molecule has 112 valence electrons. The highest BCUT2D eigenvalue weighted by Crippen LogP contribution is 2.24. The summed E-state index contributed by atoms with van der Waals surface area (Å²) in [4.78, 5) is 11.9. The molecule has 0 radical (unpaired) electrons. The van der Waals surface area contributed by atoms with Crippen molar-refractivity contribution in [3.63, 3.8) is 0 Å². The van der Waals surface area contributed by atoms with Crippen molar-refractivity contribution in [2.75, 3.05) is 27.4 Å². The number of benzene rings is 1. The molecule has 0 fully saturated rings. The number of ether oxygens (including phenoxy) is 2. The predicted octanol–water partition coefficient (Wildman–Crippen LogP) is 2.43. The zero-order valence-electron chi connectivity index (χ0n) is 13.0. The molecule has 0 amide bonds. The monoisotopic (exact) mass is 279 g/mol. The Labute approximate surface area is 121 Å². The summed E-state index contributed by atoms with van der Waals surface area (Å²) in [6.45, 7) is 7.63. The van der Waals surface area contributed by atoms with E-state index in [9.17, 15) is 4.79 Å². The maximum absolute atomic E-state index is 11.9. The van der Waals surface area contributed by atoms with Crippen LogP contribution in [-0.2, 0) is 19.7 Å². The van der Waals surface area contributed by atoms with Gasteiger partial charge in [0.2, 0.25) is 0 Å². The fourth-order valence-corrected chi connectivity index (χ4v) is 1.94. The van der Waals surface area contributed by atoms with E-state index >= 15 is 0 Å². The van der Waals surface area contributed by atoms with Crippen molar-refractivity contribution in [3.05, 3.63) is 35.4 Å². The number of carbonyl (C=O) groups is 1. The van der Waals surface area contributed by atoms with Crippen LogP contribution < -0.4 is 5.32 Å². The number of methoxy groups -OCH3 is 2. The summed E-state index contributed by atoms with van der Waals surface area (Å²) in [7, 11) is 3.03. The Morgan fingerprint density at radius 2 is 1.80 bits per heavy atom. The van der Waals surface area contributed by atoms with Crippen LogP contribution in [0.5, 0.6) is 0 Å². The summed E-state index contributed by atoms with van der Waals surface area (Å²) in [6, 6.07) is 7.61. The first-order valence-corrected chi connectivity index (χ1v) is 6.80. The van der Waals surface area contributed by atoms with Crippen LogP contribution in [0, 0.1) is 0 Å². The maximum atomic E-state index is 11.9. The highest BCUT2D eigenvalue weighted by Gasteiger charge is 2.21. The molecule has 1 aromatic carbocycles. The summed E-state index contributed by atoms with van der Waals surface area (Å²) in [6.07, 6.45) is 0. The third-order valence-corrected chi connectivity index (χ3v) is 3.20. The lowest BCUT2D eigenvalue weighted by molar-refractivity contribution is -0.143. The fourth-order valence-electron chi connectivity index (χ4n) is 1.94. The molecule has 1 rings (SSSR count). The van der Waals surface area contributed by atoms with Crippen LogP contribution in [0.1, 0.15) is 37.9 Å². The first kappa shape index (κ1) is 16.7. The molecule has 4 nitrogen and oxygen atoms in total. The molecule has 0 saturated heterocycles. The van der Waals surface area contributed by atoms with Gasteiger partial charge in [-0.1, -0.05) is 45.0 Å². The fraction of sp³-hybridized carbons (Fsp3) is 0.562. The highest BCUT2D eigenvalue weighted by atomic mass is 16.5. The van der Waals surface area contributed by atoms with E-state index in [1.165, 1.54) is 12.7 Å². The van der Waals surface area contributed by atoms with Gasteiger partial charge in [0.1, 0.15) is 6.04 Å². The van der Waals surface area contributed by atoms with E-state index in [-0.39, 0.29) is 11.4 Å². The molecule has 0 spiro atoms. The lowest BCUT2D eigenvalue weighted by Gasteiger charge is -2.21. The molecule has 0 bridgehead atoms. The van der Waals surface area contributed by atoms with E-state index in [4.69, 9.17) is 9.47 Å². The smallest absolute Gasteiger partial charge is 0.327 e. The van der Waals surface area contributed by atoms with Crippen molar-refractivity contribution in [1.29, 1.82) is 0 Å². The Morgan fingerprint density at radius 3 is 2.25 bits per heavy atom. The Bertz CT molecular complexity index is 420. The van der Waals surface area contributed by atoms with Crippen LogP contribution in [0.25, 0.3) is 0 Å². The summed E-state index contributed by atoms with van der Waals surface area (Å²) >= 11 is 0. The predicted molar refractivity (Wildman–Crippen MR) is 79.8 cm³/mol. The number of hydrogen-bond donors (Lipinski definition) is 1. The molecule has 1 unspecified atom stereocenters. The van der Waals surface area contributed by atoms with Gasteiger partial charge in [-0.2, -0.15) is 0 Å². The van der Waals surface area contributed by atoms with Crippen LogP contribution in [0.3, 0.4) is 0 Å². The van der Waals surface area contributed by atoms with Gasteiger partial charge in [-0.15, -0.1) is 0 Å². The lowest BCUT2D eigenvalue weighted by Crippen LogP contribution is -2.32. The van der Waals surface area contributed by atoms with Gasteiger partial charge in [0, 0.05) is 13.7 Å². The number of rotatable bonds is 6. The SMILES string of the molecule is COCCNC(C(=O)OC)c1ccc(C(C)(C)C)cc1. The minimum absolute atomic E-state index is 0.1000. The van der Waals surface area contributed by atoms with E-state index in [1.54, 1.807) is 7.11 Å². The number of carbonyl (C=O) groups excluding carboxylic acids is 1. The molecule has 20 heavy (non-hydrogen) atoms.